The summed E-state index contributed by atoms with van der Waals surface area (Å²) in [5.41, 5.74) is 6.08. The minimum absolute atomic E-state index is 0.0111. The fraction of sp³-hybridized carbons (Fsp3) is 0.923. The van der Waals surface area contributed by atoms with Crippen molar-refractivity contribution in [2.75, 3.05) is 20.8 Å². The Balaban J connectivity index is 2.60. The largest absolute Gasteiger partial charge is 0.383 e. The summed E-state index contributed by atoms with van der Waals surface area (Å²) in [5, 5.41) is 0. The van der Waals surface area contributed by atoms with Gasteiger partial charge in [0.2, 0.25) is 5.91 Å². The van der Waals surface area contributed by atoms with Crippen LogP contribution in [0.5, 0.6) is 0 Å². The molecule has 0 radical (unpaired) electrons. The van der Waals surface area contributed by atoms with Crippen molar-refractivity contribution in [3.05, 3.63) is 0 Å². The Morgan fingerprint density at radius 2 is 2.18 bits per heavy atom. The summed E-state index contributed by atoms with van der Waals surface area (Å²) >= 11 is 0. The highest BCUT2D eigenvalue weighted by atomic mass is 16.5. The summed E-state index contributed by atoms with van der Waals surface area (Å²) in [6, 6.07) is 0.132. The predicted molar refractivity (Wildman–Crippen MR) is 68.6 cm³/mol. The van der Waals surface area contributed by atoms with Gasteiger partial charge < -0.3 is 15.4 Å². The number of nitrogens with zero attached hydrogens (tertiary/aromatic N) is 1. The highest BCUT2D eigenvalue weighted by molar-refractivity contribution is 5.79. The number of likely N-dealkylation sites (N-methyl/N-ethyl adjacent to an activating group) is 1. The van der Waals surface area contributed by atoms with Crippen LogP contribution in [0.2, 0.25) is 0 Å². The molecule has 0 aliphatic heterocycles. The van der Waals surface area contributed by atoms with E-state index in [9.17, 15) is 4.79 Å². The molecule has 0 spiro atoms. The van der Waals surface area contributed by atoms with Crippen LogP contribution in [0.3, 0.4) is 0 Å². The van der Waals surface area contributed by atoms with E-state index >= 15 is 0 Å². The first kappa shape index (κ1) is 14.5. The molecule has 4 unspecified atom stereocenters. The number of methoxy groups -OCH3 is 1. The number of hydrogen-bond donors (Lipinski definition) is 1. The second kappa shape index (κ2) is 6.36. The first-order valence-electron chi connectivity index (χ1n) is 6.48. The molecule has 4 heteroatoms. The van der Waals surface area contributed by atoms with Gasteiger partial charge in [0.05, 0.1) is 18.6 Å². The lowest BCUT2D eigenvalue weighted by Gasteiger charge is -2.36. The van der Waals surface area contributed by atoms with Crippen molar-refractivity contribution in [2.24, 2.45) is 17.6 Å². The average Bonchev–Trinajstić information content (AvgIpc) is 2.30. The standard InChI is InChI=1S/C13H26N2O2/c1-9-5-6-12(14)11(7-9)13(16)15(3)10(2)8-17-4/h9-12H,5-8,14H2,1-4H3. The molecule has 100 valence electrons. The smallest absolute Gasteiger partial charge is 0.227 e. The summed E-state index contributed by atoms with van der Waals surface area (Å²) in [6.45, 7) is 4.77. The predicted octanol–water partition coefficient (Wildman–Crippen LogP) is 1.24. The molecule has 0 heterocycles. The van der Waals surface area contributed by atoms with E-state index in [1.54, 1.807) is 12.0 Å². The minimum atomic E-state index is -0.0111. The van der Waals surface area contributed by atoms with Crippen molar-refractivity contribution in [1.29, 1.82) is 0 Å². The maximum absolute atomic E-state index is 12.4. The van der Waals surface area contributed by atoms with Crippen LogP contribution in [0.25, 0.3) is 0 Å². The molecule has 4 atom stereocenters. The van der Waals surface area contributed by atoms with Crippen LogP contribution in [-0.4, -0.2) is 43.7 Å². The van der Waals surface area contributed by atoms with Gasteiger partial charge in [0, 0.05) is 20.2 Å². The fourth-order valence-corrected chi connectivity index (χ4v) is 2.52. The highest BCUT2D eigenvalue weighted by Gasteiger charge is 2.34. The third kappa shape index (κ3) is 3.68. The van der Waals surface area contributed by atoms with E-state index in [0.717, 1.165) is 19.3 Å². The monoisotopic (exact) mass is 242 g/mol. The van der Waals surface area contributed by atoms with Crippen molar-refractivity contribution in [3.8, 4) is 0 Å². The molecule has 0 aromatic rings. The molecule has 1 amide bonds. The molecule has 2 N–H and O–H groups in total. The van der Waals surface area contributed by atoms with Crippen molar-refractivity contribution in [1.82, 2.24) is 4.90 Å². The Morgan fingerprint density at radius 3 is 2.76 bits per heavy atom. The number of nitrogens with two attached hydrogens (primary N) is 1. The molecule has 0 aromatic carbocycles. The van der Waals surface area contributed by atoms with E-state index in [0.29, 0.717) is 12.5 Å². The van der Waals surface area contributed by atoms with E-state index in [-0.39, 0.29) is 23.9 Å². The van der Waals surface area contributed by atoms with Gasteiger partial charge in [-0.3, -0.25) is 4.79 Å². The van der Waals surface area contributed by atoms with E-state index in [4.69, 9.17) is 10.5 Å². The van der Waals surface area contributed by atoms with Crippen LogP contribution in [0.4, 0.5) is 0 Å². The maximum Gasteiger partial charge on any atom is 0.227 e. The molecule has 17 heavy (non-hydrogen) atoms. The number of carbonyl (C=O) groups excluding carboxylic acids is 1. The second-order valence-corrected chi connectivity index (χ2v) is 5.44. The number of carbonyl (C=O) groups is 1. The molecule has 1 aliphatic rings. The molecule has 1 aliphatic carbocycles. The van der Waals surface area contributed by atoms with E-state index < -0.39 is 0 Å². The maximum atomic E-state index is 12.4. The van der Waals surface area contributed by atoms with Crippen molar-refractivity contribution >= 4 is 5.91 Å². The topological polar surface area (TPSA) is 55.6 Å². The summed E-state index contributed by atoms with van der Waals surface area (Å²) in [6.07, 6.45) is 3.02. The molecule has 0 saturated heterocycles. The Labute approximate surface area is 104 Å². The summed E-state index contributed by atoms with van der Waals surface area (Å²) in [7, 11) is 3.50. The van der Waals surface area contributed by atoms with Crippen LogP contribution in [0.1, 0.15) is 33.1 Å². The Kier molecular flexibility index (Phi) is 5.40. The molecule has 0 aromatic heterocycles. The molecule has 1 saturated carbocycles. The first-order valence-corrected chi connectivity index (χ1v) is 6.48. The molecule has 1 fully saturated rings. The Hall–Kier alpha value is -0.610. The quantitative estimate of drug-likeness (QED) is 0.807. The molecule has 0 bridgehead atoms. The normalized spacial score (nSPS) is 31.0. The molecule has 4 nitrogen and oxygen atoms in total. The van der Waals surface area contributed by atoms with E-state index in [1.807, 2.05) is 14.0 Å². The lowest BCUT2D eigenvalue weighted by molar-refractivity contribution is -0.139. The van der Waals surface area contributed by atoms with Gasteiger partial charge in [-0.15, -0.1) is 0 Å². The number of amides is 1. The van der Waals surface area contributed by atoms with Gasteiger partial charge >= 0.3 is 0 Å². The highest BCUT2D eigenvalue weighted by Crippen LogP contribution is 2.29. The van der Waals surface area contributed by atoms with Gasteiger partial charge in [0.15, 0.2) is 0 Å². The van der Waals surface area contributed by atoms with Gasteiger partial charge in [0.25, 0.3) is 0 Å². The lowest BCUT2D eigenvalue weighted by Crippen LogP contribution is -2.49. The molecular weight excluding hydrogens is 216 g/mol. The molecular formula is C13H26N2O2. The van der Waals surface area contributed by atoms with E-state index in [1.165, 1.54) is 0 Å². The third-order valence-electron chi connectivity index (χ3n) is 3.90. The first-order chi connectivity index (χ1) is 7.97. The zero-order valence-electron chi connectivity index (χ0n) is 11.5. The van der Waals surface area contributed by atoms with Crippen LogP contribution >= 0.6 is 0 Å². The Bertz CT molecular complexity index is 258. The minimum Gasteiger partial charge on any atom is -0.383 e. The van der Waals surface area contributed by atoms with Gasteiger partial charge in [-0.05, 0) is 32.1 Å². The van der Waals surface area contributed by atoms with Crippen molar-refractivity contribution in [3.63, 3.8) is 0 Å². The zero-order valence-corrected chi connectivity index (χ0v) is 11.5. The Morgan fingerprint density at radius 1 is 1.53 bits per heavy atom. The van der Waals surface area contributed by atoms with E-state index in [2.05, 4.69) is 6.92 Å². The second-order valence-electron chi connectivity index (χ2n) is 5.44. The van der Waals surface area contributed by atoms with Gasteiger partial charge in [-0.1, -0.05) is 6.92 Å². The SMILES string of the molecule is COCC(C)N(C)C(=O)C1CC(C)CCC1N. The van der Waals surface area contributed by atoms with Crippen molar-refractivity contribution < 1.29 is 9.53 Å². The fourth-order valence-electron chi connectivity index (χ4n) is 2.52. The van der Waals surface area contributed by atoms with Gasteiger partial charge in [0.1, 0.15) is 0 Å². The third-order valence-corrected chi connectivity index (χ3v) is 3.90. The van der Waals surface area contributed by atoms with Gasteiger partial charge in [-0.2, -0.15) is 0 Å². The molecule has 1 rings (SSSR count). The summed E-state index contributed by atoms with van der Waals surface area (Å²) in [5.74, 6) is 0.770. The van der Waals surface area contributed by atoms with Crippen molar-refractivity contribution in [2.45, 2.75) is 45.2 Å². The summed E-state index contributed by atoms with van der Waals surface area (Å²) in [4.78, 5) is 14.1. The van der Waals surface area contributed by atoms with Crippen LogP contribution in [0.15, 0.2) is 0 Å². The van der Waals surface area contributed by atoms with Gasteiger partial charge in [-0.25, -0.2) is 0 Å². The van der Waals surface area contributed by atoms with Crippen LogP contribution < -0.4 is 5.73 Å². The average molecular weight is 242 g/mol. The summed E-state index contributed by atoms with van der Waals surface area (Å²) < 4.78 is 5.09. The number of rotatable bonds is 4. The lowest BCUT2D eigenvalue weighted by atomic mass is 9.78. The van der Waals surface area contributed by atoms with Crippen LogP contribution in [0, 0.1) is 11.8 Å². The zero-order chi connectivity index (χ0) is 13.0. The number of ether oxygens (including phenoxy) is 1. The number of hydrogen-bond acceptors (Lipinski definition) is 3. The van der Waals surface area contributed by atoms with Crippen LogP contribution in [-0.2, 0) is 9.53 Å².